The van der Waals surface area contributed by atoms with E-state index in [0.29, 0.717) is 31.9 Å². The van der Waals surface area contributed by atoms with Crippen molar-refractivity contribution < 1.29 is 9.21 Å². The highest BCUT2D eigenvalue weighted by Gasteiger charge is 2.24. The second kappa shape index (κ2) is 6.81. The number of nitrogens with zero attached hydrogens (tertiary/aromatic N) is 1. The predicted octanol–water partition coefficient (Wildman–Crippen LogP) is 5.93. The fraction of sp³-hybridized carbons (Fsp3) is 0.158. The Kier molecular flexibility index (Phi) is 4.49. The molecule has 1 aliphatic rings. The fourth-order valence-corrected chi connectivity index (χ4v) is 4.68. The molecule has 2 heterocycles. The first-order chi connectivity index (χ1) is 12.6. The monoisotopic (exact) mass is 402 g/mol. The summed E-state index contributed by atoms with van der Waals surface area (Å²) in [5.41, 5.74) is 2.25. The number of hydrogen-bond donors (Lipinski definition) is 1. The van der Waals surface area contributed by atoms with Gasteiger partial charge in [-0.05, 0) is 55.2 Å². The molecule has 0 spiro atoms. The standard InChI is InChI=1S/C19H12Cl2N2O2S/c20-10-4-5-14(21)12(8-10)15-6-7-16(25-15)18(24)23-19-13(9-22)11-2-1-3-17(11)26-19/h4-8H,1-3H2,(H,23,24). The number of amides is 1. The van der Waals surface area contributed by atoms with Crippen molar-refractivity contribution in [3.8, 4) is 17.4 Å². The summed E-state index contributed by atoms with van der Waals surface area (Å²) in [6.45, 7) is 0. The Morgan fingerprint density at radius 1 is 1.23 bits per heavy atom. The minimum absolute atomic E-state index is 0.147. The van der Waals surface area contributed by atoms with Gasteiger partial charge in [-0.3, -0.25) is 4.79 Å². The average molecular weight is 403 g/mol. The molecule has 0 atom stereocenters. The number of furan rings is 1. The average Bonchev–Trinajstić information content (AvgIpc) is 3.32. The van der Waals surface area contributed by atoms with E-state index in [1.807, 2.05) is 0 Å². The second-order valence-electron chi connectivity index (χ2n) is 5.92. The van der Waals surface area contributed by atoms with Crippen molar-refractivity contribution in [2.24, 2.45) is 0 Å². The minimum atomic E-state index is -0.397. The molecule has 1 amide bonds. The van der Waals surface area contributed by atoms with Crippen LogP contribution in [0.2, 0.25) is 10.0 Å². The van der Waals surface area contributed by atoms with E-state index < -0.39 is 5.91 Å². The van der Waals surface area contributed by atoms with Crippen LogP contribution in [0.3, 0.4) is 0 Å². The van der Waals surface area contributed by atoms with Crippen LogP contribution in [0.5, 0.6) is 0 Å². The van der Waals surface area contributed by atoms with Crippen LogP contribution in [-0.4, -0.2) is 5.91 Å². The van der Waals surface area contributed by atoms with E-state index in [9.17, 15) is 10.1 Å². The highest BCUT2D eigenvalue weighted by molar-refractivity contribution is 7.16. The molecule has 7 heteroatoms. The van der Waals surface area contributed by atoms with Crippen molar-refractivity contribution >= 4 is 45.4 Å². The van der Waals surface area contributed by atoms with Gasteiger partial charge in [0.15, 0.2) is 5.76 Å². The van der Waals surface area contributed by atoms with Gasteiger partial charge in [0.05, 0.1) is 10.6 Å². The van der Waals surface area contributed by atoms with Crippen LogP contribution >= 0.6 is 34.5 Å². The lowest BCUT2D eigenvalue weighted by Gasteiger charge is -2.03. The number of anilines is 1. The number of carbonyl (C=O) groups is 1. The molecular weight excluding hydrogens is 391 g/mol. The number of nitriles is 1. The summed E-state index contributed by atoms with van der Waals surface area (Å²) in [7, 11) is 0. The highest BCUT2D eigenvalue weighted by Crippen LogP contribution is 2.39. The SMILES string of the molecule is N#Cc1c(NC(=O)c2ccc(-c3cc(Cl)ccc3Cl)o2)sc2c1CCC2. The molecule has 0 saturated carbocycles. The smallest absolute Gasteiger partial charge is 0.292 e. The van der Waals surface area contributed by atoms with E-state index in [-0.39, 0.29) is 5.76 Å². The number of hydrogen-bond acceptors (Lipinski definition) is 4. The fourth-order valence-electron chi connectivity index (χ4n) is 3.07. The first-order valence-electron chi connectivity index (χ1n) is 7.98. The summed E-state index contributed by atoms with van der Waals surface area (Å²) >= 11 is 13.7. The van der Waals surface area contributed by atoms with Gasteiger partial charge < -0.3 is 9.73 Å². The molecule has 0 radical (unpaired) electrons. The molecule has 0 bridgehead atoms. The lowest BCUT2D eigenvalue weighted by Crippen LogP contribution is -2.10. The van der Waals surface area contributed by atoms with Gasteiger partial charge in [-0.2, -0.15) is 5.26 Å². The Morgan fingerprint density at radius 2 is 2.08 bits per heavy atom. The van der Waals surface area contributed by atoms with Crippen LogP contribution in [0.4, 0.5) is 5.00 Å². The Balaban J connectivity index is 1.60. The summed E-state index contributed by atoms with van der Waals surface area (Å²) in [5, 5.41) is 13.8. The number of carbonyl (C=O) groups excluding carboxylic acids is 1. The third-order valence-electron chi connectivity index (χ3n) is 4.28. The van der Waals surface area contributed by atoms with E-state index in [1.54, 1.807) is 30.3 Å². The summed E-state index contributed by atoms with van der Waals surface area (Å²) in [6.07, 6.45) is 2.91. The van der Waals surface area contributed by atoms with E-state index in [1.165, 1.54) is 16.2 Å². The normalized spacial score (nSPS) is 12.7. The van der Waals surface area contributed by atoms with E-state index in [4.69, 9.17) is 27.6 Å². The largest absolute Gasteiger partial charge is 0.451 e. The lowest BCUT2D eigenvalue weighted by atomic mass is 10.1. The van der Waals surface area contributed by atoms with Crippen molar-refractivity contribution in [3.63, 3.8) is 0 Å². The molecule has 130 valence electrons. The molecule has 26 heavy (non-hydrogen) atoms. The summed E-state index contributed by atoms with van der Waals surface area (Å²) in [5.74, 6) is 0.205. The second-order valence-corrected chi connectivity index (χ2v) is 7.86. The zero-order chi connectivity index (χ0) is 18.3. The van der Waals surface area contributed by atoms with Gasteiger partial charge in [-0.15, -0.1) is 11.3 Å². The summed E-state index contributed by atoms with van der Waals surface area (Å²) in [4.78, 5) is 13.7. The molecule has 1 N–H and O–H groups in total. The molecular formula is C19H12Cl2N2O2S. The molecule has 4 nitrogen and oxygen atoms in total. The lowest BCUT2D eigenvalue weighted by molar-refractivity contribution is 0.0998. The number of halogens is 2. The Labute approximate surface area is 164 Å². The molecule has 0 aliphatic heterocycles. The first-order valence-corrected chi connectivity index (χ1v) is 9.55. The van der Waals surface area contributed by atoms with E-state index in [2.05, 4.69) is 11.4 Å². The number of nitrogens with one attached hydrogen (secondary N) is 1. The van der Waals surface area contributed by atoms with Crippen LogP contribution in [0.25, 0.3) is 11.3 Å². The third-order valence-corrected chi connectivity index (χ3v) is 6.06. The number of aryl methyl sites for hydroxylation is 1. The van der Waals surface area contributed by atoms with Crippen LogP contribution in [0, 0.1) is 11.3 Å². The number of rotatable bonds is 3. The maximum Gasteiger partial charge on any atom is 0.292 e. The highest BCUT2D eigenvalue weighted by atomic mass is 35.5. The summed E-state index contributed by atoms with van der Waals surface area (Å²) in [6, 6.07) is 10.5. The molecule has 3 aromatic rings. The van der Waals surface area contributed by atoms with Gasteiger partial charge in [0.2, 0.25) is 0 Å². The zero-order valence-electron chi connectivity index (χ0n) is 13.4. The van der Waals surface area contributed by atoms with Gasteiger partial charge in [-0.1, -0.05) is 23.2 Å². The third kappa shape index (κ3) is 3.01. The molecule has 0 saturated heterocycles. The van der Waals surface area contributed by atoms with Crippen LogP contribution in [-0.2, 0) is 12.8 Å². The van der Waals surface area contributed by atoms with E-state index in [0.717, 1.165) is 24.8 Å². The number of benzene rings is 1. The van der Waals surface area contributed by atoms with Crippen molar-refractivity contribution in [2.75, 3.05) is 5.32 Å². The zero-order valence-corrected chi connectivity index (χ0v) is 15.8. The Morgan fingerprint density at radius 3 is 2.88 bits per heavy atom. The molecule has 0 unspecified atom stereocenters. The molecule has 1 aromatic carbocycles. The van der Waals surface area contributed by atoms with Crippen LogP contribution in [0.1, 0.15) is 33.0 Å². The van der Waals surface area contributed by atoms with Gasteiger partial charge in [-0.25, -0.2) is 0 Å². The van der Waals surface area contributed by atoms with Gasteiger partial charge in [0.25, 0.3) is 5.91 Å². The Hall–Kier alpha value is -2.26. The van der Waals surface area contributed by atoms with Gasteiger partial charge >= 0.3 is 0 Å². The quantitative estimate of drug-likeness (QED) is 0.590. The summed E-state index contributed by atoms with van der Waals surface area (Å²) < 4.78 is 5.66. The van der Waals surface area contributed by atoms with Crippen LogP contribution < -0.4 is 5.32 Å². The van der Waals surface area contributed by atoms with Crippen molar-refractivity contribution in [3.05, 3.63) is 62.1 Å². The van der Waals surface area contributed by atoms with Gasteiger partial charge in [0, 0.05) is 15.5 Å². The van der Waals surface area contributed by atoms with Gasteiger partial charge in [0.1, 0.15) is 16.8 Å². The van der Waals surface area contributed by atoms with Crippen molar-refractivity contribution in [1.82, 2.24) is 0 Å². The number of fused-ring (bicyclic) bond motifs is 1. The van der Waals surface area contributed by atoms with Crippen LogP contribution in [0.15, 0.2) is 34.7 Å². The minimum Gasteiger partial charge on any atom is -0.451 e. The maximum atomic E-state index is 12.5. The first kappa shape index (κ1) is 17.2. The Bertz CT molecular complexity index is 1060. The predicted molar refractivity (Wildman–Crippen MR) is 103 cm³/mol. The number of thiophene rings is 1. The molecule has 4 rings (SSSR count). The molecule has 2 aromatic heterocycles. The van der Waals surface area contributed by atoms with Crippen molar-refractivity contribution in [2.45, 2.75) is 19.3 Å². The molecule has 1 aliphatic carbocycles. The maximum absolute atomic E-state index is 12.5. The van der Waals surface area contributed by atoms with Crippen molar-refractivity contribution in [1.29, 1.82) is 5.26 Å². The molecule has 0 fully saturated rings. The van der Waals surface area contributed by atoms with E-state index >= 15 is 0 Å². The topological polar surface area (TPSA) is 66.0 Å².